The summed E-state index contributed by atoms with van der Waals surface area (Å²) in [5.74, 6) is -0.168. The number of amides is 3. The first-order valence-electron chi connectivity index (χ1n) is 22.2. The average molecular weight is 827 g/mol. The predicted molar refractivity (Wildman–Crippen MR) is 233 cm³/mol. The number of urea groups is 1. The zero-order valence-electron chi connectivity index (χ0n) is 35.5. The molecule has 1 saturated heterocycles. The summed E-state index contributed by atoms with van der Waals surface area (Å²) in [4.78, 5) is 36.9. The number of nitrogens with one attached hydrogen (secondary N) is 1. The van der Waals surface area contributed by atoms with E-state index < -0.39 is 17.7 Å². The van der Waals surface area contributed by atoms with Crippen molar-refractivity contribution >= 4 is 17.6 Å². The summed E-state index contributed by atoms with van der Waals surface area (Å²) in [5, 5.41) is 27.9. The molecule has 60 heavy (non-hydrogen) atoms. The van der Waals surface area contributed by atoms with Crippen LogP contribution in [0.5, 0.6) is 11.5 Å². The molecule has 3 N–H and O–H groups in total. The number of hydrogen-bond acceptors (Lipinski definition) is 9. The fraction of sp³-hybridized carbons (Fsp3) is 0.562. The van der Waals surface area contributed by atoms with Gasteiger partial charge in [0.1, 0.15) is 30.8 Å². The smallest absolute Gasteiger partial charge is 0.317 e. The Kier molecular flexibility index (Phi) is 16.7. The summed E-state index contributed by atoms with van der Waals surface area (Å²) in [7, 11) is 0. The molecular weight excluding hydrogens is 761 g/mol. The maximum absolute atomic E-state index is 14.6. The lowest BCUT2D eigenvalue weighted by Gasteiger charge is -2.60. The molecule has 0 radical (unpaired) electrons. The van der Waals surface area contributed by atoms with E-state index in [1.54, 1.807) is 12.2 Å². The molecule has 2 aliphatic heterocycles. The van der Waals surface area contributed by atoms with Gasteiger partial charge < -0.3 is 44.4 Å². The van der Waals surface area contributed by atoms with Crippen LogP contribution >= 0.6 is 0 Å². The molecule has 0 bridgehead atoms. The Morgan fingerprint density at radius 1 is 1.05 bits per heavy atom. The van der Waals surface area contributed by atoms with Gasteiger partial charge in [-0.25, -0.2) is 4.79 Å². The Morgan fingerprint density at radius 3 is 2.55 bits per heavy atom. The first-order chi connectivity index (χ1) is 29.4. The third-order valence-electron chi connectivity index (χ3n) is 12.4. The number of unbranched alkanes of at least 4 members (excludes halogenated alkanes) is 2. The van der Waals surface area contributed by atoms with Crippen molar-refractivity contribution < 1.29 is 38.9 Å². The van der Waals surface area contributed by atoms with Gasteiger partial charge >= 0.3 is 6.03 Å². The van der Waals surface area contributed by atoms with Crippen molar-refractivity contribution in [2.24, 2.45) is 22.9 Å². The fourth-order valence-corrected chi connectivity index (χ4v) is 9.80. The minimum absolute atomic E-state index is 0.0972. The van der Waals surface area contributed by atoms with E-state index in [2.05, 4.69) is 37.5 Å². The molecule has 2 aliphatic carbocycles. The molecular formula is C48H66N4O8. The Balaban J connectivity index is 1.49. The van der Waals surface area contributed by atoms with Crippen LogP contribution in [0.2, 0.25) is 0 Å². The van der Waals surface area contributed by atoms with Crippen molar-refractivity contribution in [3.8, 4) is 11.5 Å². The van der Waals surface area contributed by atoms with E-state index in [9.17, 15) is 19.8 Å². The summed E-state index contributed by atoms with van der Waals surface area (Å²) < 4.78 is 20.5. The van der Waals surface area contributed by atoms with Gasteiger partial charge in [-0.1, -0.05) is 80.1 Å². The number of ether oxygens (including phenoxy) is 3. The Hall–Kier alpha value is -4.65. The van der Waals surface area contributed by atoms with Gasteiger partial charge in [0.25, 0.3) is 0 Å². The highest BCUT2D eigenvalue weighted by atomic mass is 16.7. The number of allylic oxidation sites excluding steroid dienone is 1. The van der Waals surface area contributed by atoms with Crippen molar-refractivity contribution in [1.29, 1.82) is 0 Å². The Morgan fingerprint density at radius 2 is 1.83 bits per heavy atom. The Bertz CT molecular complexity index is 1800. The topological polar surface area (TPSA) is 142 Å². The van der Waals surface area contributed by atoms with Gasteiger partial charge in [0, 0.05) is 63.7 Å². The standard InChI is InChI=1S/C48H66N4O8/c1-4-24-52(47(56)49-23-15-26-51-25-14-20-44(51)55)43-33-41(50-59-34-35-16-8-7-9-17-35)39-31-36(18-10-12-27-53)38(19-11-13-28-54)45-40-32-37(57-29-5-2)21-22-42(40)60-48(43,46(39)45)58-30-6-3/h5-9,16-17,21-22,31-32,36,38,43,45-46,53-54H,2-4,10-15,18-20,23-30,33-34H2,1H3,(H,49,56). The molecule has 6 atom stereocenters. The van der Waals surface area contributed by atoms with E-state index in [4.69, 9.17) is 24.2 Å². The van der Waals surface area contributed by atoms with Gasteiger partial charge in [0.15, 0.2) is 0 Å². The minimum Gasteiger partial charge on any atom is -0.490 e. The first-order valence-corrected chi connectivity index (χ1v) is 22.2. The summed E-state index contributed by atoms with van der Waals surface area (Å²) in [6.45, 7) is 13.2. The third-order valence-corrected chi connectivity index (χ3v) is 12.4. The molecule has 2 aromatic carbocycles. The molecule has 12 heteroatoms. The number of aliphatic hydroxyl groups is 2. The molecule has 2 fully saturated rings. The maximum atomic E-state index is 14.6. The van der Waals surface area contributed by atoms with Crippen molar-refractivity contribution in [3.05, 3.63) is 96.6 Å². The number of hydrogen-bond donors (Lipinski definition) is 3. The van der Waals surface area contributed by atoms with Crippen molar-refractivity contribution in [2.75, 3.05) is 52.6 Å². The van der Waals surface area contributed by atoms with E-state index in [-0.39, 0.29) is 56.1 Å². The molecule has 6 rings (SSSR count). The van der Waals surface area contributed by atoms with Crippen LogP contribution in [0.25, 0.3) is 0 Å². The summed E-state index contributed by atoms with van der Waals surface area (Å²) in [6, 6.07) is 15.0. The number of carbonyl (C=O) groups is 2. The van der Waals surface area contributed by atoms with E-state index in [0.29, 0.717) is 76.3 Å². The van der Waals surface area contributed by atoms with Gasteiger partial charge in [-0.3, -0.25) is 4.79 Å². The van der Waals surface area contributed by atoms with Crippen LogP contribution in [0.3, 0.4) is 0 Å². The highest BCUT2D eigenvalue weighted by molar-refractivity contribution is 6.03. The second kappa shape index (κ2) is 22.3. The number of aliphatic hydroxyl groups excluding tert-OH is 2. The largest absolute Gasteiger partial charge is 0.490 e. The zero-order chi connectivity index (χ0) is 42.3. The highest BCUT2D eigenvalue weighted by Gasteiger charge is 2.65. The number of oxime groups is 1. The van der Waals surface area contributed by atoms with E-state index >= 15 is 0 Å². The molecule has 326 valence electrons. The van der Waals surface area contributed by atoms with Gasteiger partial charge in [-0.15, -0.1) is 6.58 Å². The lowest BCUT2D eigenvalue weighted by atomic mass is 9.55. The monoisotopic (exact) mass is 826 g/mol. The quantitative estimate of drug-likeness (QED) is 0.0561. The number of nitrogens with zero attached hydrogens (tertiary/aromatic N) is 3. The Labute approximate surface area is 356 Å². The van der Waals surface area contributed by atoms with Crippen molar-refractivity contribution in [2.45, 2.75) is 102 Å². The van der Waals surface area contributed by atoms with Crippen LogP contribution in [0.1, 0.15) is 94.6 Å². The second-order valence-corrected chi connectivity index (χ2v) is 16.4. The maximum Gasteiger partial charge on any atom is 0.317 e. The number of fused-ring (bicyclic) bond motifs is 2. The fourth-order valence-electron chi connectivity index (χ4n) is 9.80. The van der Waals surface area contributed by atoms with Gasteiger partial charge in [0.05, 0.1) is 18.2 Å². The molecule has 4 aliphatic rings. The van der Waals surface area contributed by atoms with Crippen molar-refractivity contribution in [3.63, 3.8) is 0 Å². The normalized spacial score (nSPS) is 24.8. The zero-order valence-corrected chi connectivity index (χ0v) is 35.5. The molecule has 12 nitrogen and oxygen atoms in total. The summed E-state index contributed by atoms with van der Waals surface area (Å²) in [5.41, 5.74) is 3.72. The van der Waals surface area contributed by atoms with Crippen LogP contribution in [0, 0.1) is 17.8 Å². The van der Waals surface area contributed by atoms with E-state index in [1.165, 1.54) is 0 Å². The lowest BCUT2D eigenvalue weighted by Crippen LogP contribution is -2.70. The molecule has 0 aromatic heterocycles. The van der Waals surface area contributed by atoms with Crippen LogP contribution < -0.4 is 14.8 Å². The van der Waals surface area contributed by atoms with Gasteiger partial charge in [-0.2, -0.15) is 0 Å². The molecule has 3 amide bonds. The number of likely N-dealkylation sites (tertiary alicyclic amines) is 1. The van der Waals surface area contributed by atoms with Crippen LogP contribution in [-0.4, -0.2) is 102 Å². The summed E-state index contributed by atoms with van der Waals surface area (Å²) in [6.07, 6.45) is 13.6. The molecule has 2 heterocycles. The second-order valence-electron chi connectivity index (χ2n) is 16.4. The van der Waals surface area contributed by atoms with E-state index in [0.717, 1.165) is 61.1 Å². The number of benzene rings is 2. The van der Waals surface area contributed by atoms with Crippen LogP contribution in [-0.2, 0) is 21.0 Å². The number of carbonyl (C=O) groups excluding carboxylic acids is 2. The van der Waals surface area contributed by atoms with Crippen LogP contribution in [0.15, 0.2) is 90.6 Å². The average Bonchev–Trinajstić information content (AvgIpc) is 3.68. The highest BCUT2D eigenvalue weighted by Crippen LogP contribution is 2.62. The molecule has 0 spiro atoms. The predicted octanol–water partition coefficient (Wildman–Crippen LogP) is 7.52. The first kappa shape index (κ1) is 44.9. The van der Waals surface area contributed by atoms with E-state index in [1.807, 2.05) is 52.3 Å². The van der Waals surface area contributed by atoms with Crippen molar-refractivity contribution in [1.82, 2.24) is 15.1 Å². The molecule has 6 unspecified atom stereocenters. The van der Waals surface area contributed by atoms with Gasteiger partial charge in [0.2, 0.25) is 11.7 Å². The van der Waals surface area contributed by atoms with Gasteiger partial charge in [-0.05, 0) is 86.1 Å². The van der Waals surface area contributed by atoms with Crippen LogP contribution in [0.4, 0.5) is 4.79 Å². The summed E-state index contributed by atoms with van der Waals surface area (Å²) >= 11 is 0. The lowest BCUT2D eigenvalue weighted by molar-refractivity contribution is -0.254. The SMILES string of the molecule is C=CCOc1ccc2c(c1)C1C(CCCCO)C(CCCCO)C=C3C(=NOCc4ccccc4)CC(N(CCC)C(=O)NCCCN4CCCC4=O)C(OCC=C)(O2)C31. The molecule has 1 saturated carbocycles. The minimum atomic E-state index is -1.35. The third kappa shape index (κ3) is 10.4. The number of rotatable bonds is 24. The molecule has 2 aromatic rings.